The largest absolute Gasteiger partial charge is 0.493 e. The van der Waals surface area contributed by atoms with Crippen molar-refractivity contribution in [2.75, 3.05) is 13.7 Å². The molecule has 0 saturated heterocycles. The van der Waals surface area contributed by atoms with Gasteiger partial charge in [-0.15, -0.1) is 0 Å². The number of nitrogens with one attached hydrogen (secondary N) is 3. The summed E-state index contributed by atoms with van der Waals surface area (Å²) in [5.74, 6) is -0.174. The molecule has 0 bridgehead atoms. The summed E-state index contributed by atoms with van der Waals surface area (Å²) in [6.07, 6.45) is 1.18. The van der Waals surface area contributed by atoms with Crippen molar-refractivity contribution in [1.82, 2.24) is 16.2 Å². The number of benzene rings is 1. The lowest BCUT2D eigenvalue weighted by Crippen LogP contribution is -2.54. The third-order valence-corrected chi connectivity index (χ3v) is 4.05. The van der Waals surface area contributed by atoms with Gasteiger partial charge in [-0.25, -0.2) is 0 Å². The molecule has 8 nitrogen and oxygen atoms in total. The summed E-state index contributed by atoms with van der Waals surface area (Å²) in [4.78, 5) is 36.9. The van der Waals surface area contributed by atoms with Crippen molar-refractivity contribution >= 4 is 17.7 Å². The van der Waals surface area contributed by atoms with E-state index in [0.29, 0.717) is 30.1 Å². The molecule has 3 N–H and O–H groups in total. The minimum Gasteiger partial charge on any atom is -0.493 e. The molecule has 0 fully saturated rings. The molecular formula is C21H33N3O5. The second-order valence-electron chi connectivity index (χ2n) is 7.54. The summed E-state index contributed by atoms with van der Waals surface area (Å²) in [6.45, 7) is 10.0. The van der Waals surface area contributed by atoms with Crippen molar-refractivity contribution in [2.45, 2.75) is 53.5 Å². The predicted octanol–water partition coefficient (Wildman–Crippen LogP) is 2.43. The van der Waals surface area contributed by atoms with Crippen molar-refractivity contribution in [3.63, 3.8) is 0 Å². The minimum absolute atomic E-state index is 0.141. The molecule has 1 aromatic rings. The highest BCUT2D eigenvalue weighted by Crippen LogP contribution is 2.28. The Bertz CT molecular complexity index is 704. The van der Waals surface area contributed by atoms with E-state index >= 15 is 0 Å². The maximum atomic E-state index is 12.5. The van der Waals surface area contributed by atoms with Gasteiger partial charge in [0.1, 0.15) is 6.04 Å². The Morgan fingerprint density at radius 1 is 1.03 bits per heavy atom. The monoisotopic (exact) mass is 407 g/mol. The summed E-state index contributed by atoms with van der Waals surface area (Å²) in [6, 6.07) is 4.02. The average Bonchev–Trinajstić information content (AvgIpc) is 2.67. The first-order chi connectivity index (χ1) is 13.7. The summed E-state index contributed by atoms with van der Waals surface area (Å²) in [7, 11) is 1.49. The zero-order valence-electron chi connectivity index (χ0n) is 18.1. The Kier molecular flexibility index (Phi) is 9.99. The molecule has 0 heterocycles. The van der Waals surface area contributed by atoms with E-state index in [2.05, 4.69) is 16.2 Å². The SMILES string of the molecule is CCCOc1ccc(C(=O)NNC(=O)C(NC(=O)CC(C)C)C(C)C)cc1OC. The molecule has 0 radical (unpaired) electrons. The molecule has 29 heavy (non-hydrogen) atoms. The van der Waals surface area contributed by atoms with Gasteiger partial charge >= 0.3 is 0 Å². The van der Waals surface area contributed by atoms with Gasteiger partial charge in [-0.2, -0.15) is 0 Å². The first-order valence-corrected chi connectivity index (χ1v) is 9.89. The van der Waals surface area contributed by atoms with Gasteiger partial charge in [-0.05, 0) is 36.5 Å². The van der Waals surface area contributed by atoms with E-state index in [1.807, 2.05) is 34.6 Å². The average molecular weight is 408 g/mol. The normalized spacial score (nSPS) is 11.7. The van der Waals surface area contributed by atoms with E-state index in [1.54, 1.807) is 12.1 Å². The van der Waals surface area contributed by atoms with E-state index in [0.717, 1.165) is 6.42 Å². The standard InChI is InChI=1S/C21H33N3O5/c1-7-10-29-16-9-8-15(12-17(16)28-6)20(26)23-24-21(27)19(14(4)5)22-18(25)11-13(2)3/h8-9,12-14,19H,7,10-11H2,1-6H3,(H,22,25)(H,23,26)(H,24,27). The van der Waals surface area contributed by atoms with Crippen LogP contribution < -0.4 is 25.6 Å². The third kappa shape index (κ3) is 8.01. The number of carbonyl (C=O) groups excluding carboxylic acids is 3. The highest BCUT2D eigenvalue weighted by molar-refractivity contribution is 5.97. The Hall–Kier alpha value is -2.77. The van der Waals surface area contributed by atoms with Gasteiger partial charge in [0.05, 0.1) is 13.7 Å². The van der Waals surface area contributed by atoms with Crippen molar-refractivity contribution < 1.29 is 23.9 Å². The zero-order valence-corrected chi connectivity index (χ0v) is 18.1. The second-order valence-corrected chi connectivity index (χ2v) is 7.54. The fraction of sp³-hybridized carbons (Fsp3) is 0.571. The molecule has 0 spiro atoms. The molecule has 1 aromatic carbocycles. The van der Waals surface area contributed by atoms with Gasteiger partial charge in [-0.1, -0.05) is 34.6 Å². The fourth-order valence-corrected chi connectivity index (χ4v) is 2.55. The number of ether oxygens (including phenoxy) is 2. The van der Waals surface area contributed by atoms with E-state index in [-0.39, 0.29) is 17.7 Å². The second kappa shape index (κ2) is 11.9. The van der Waals surface area contributed by atoms with Crippen LogP contribution in [0.4, 0.5) is 0 Å². The Balaban J connectivity index is 2.73. The molecule has 0 aliphatic heterocycles. The van der Waals surface area contributed by atoms with Gasteiger partial charge in [0.25, 0.3) is 11.8 Å². The Morgan fingerprint density at radius 3 is 2.28 bits per heavy atom. The fourth-order valence-electron chi connectivity index (χ4n) is 2.55. The summed E-state index contributed by atoms with van der Waals surface area (Å²) in [5, 5.41) is 2.72. The van der Waals surface area contributed by atoms with Crippen LogP contribution in [0.2, 0.25) is 0 Å². The van der Waals surface area contributed by atoms with Gasteiger partial charge in [0.2, 0.25) is 5.91 Å². The summed E-state index contributed by atoms with van der Waals surface area (Å²) in [5.41, 5.74) is 5.06. The van der Waals surface area contributed by atoms with Crippen molar-refractivity contribution in [2.24, 2.45) is 11.8 Å². The minimum atomic E-state index is -0.749. The summed E-state index contributed by atoms with van der Waals surface area (Å²) < 4.78 is 10.8. The van der Waals surface area contributed by atoms with Crippen LogP contribution >= 0.6 is 0 Å². The number of carbonyl (C=O) groups is 3. The number of methoxy groups -OCH3 is 1. The molecular weight excluding hydrogens is 374 g/mol. The lowest BCUT2D eigenvalue weighted by atomic mass is 10.0. The van der Waals surface area contributed by atoms with Crippen LogP contribution in [0.25, 0.3) is 0 Å². The zero-order chi connectivity index (χ0) is 22.0. The van der Waals surface area contributed by atoms with E-state index in [1.165, 1.54) is 13.2 Å². The molecule has 0 aliphatic carbocycles. The number of amides is 3. The molecule has 8 heteroatoms. The van der Waals surface area contributed by atoms with Crippen molar-refractivity contribution in [1.29, 1.82) is 0 Å². The van der Waals surface area contributed by atoms with E-state index < -0.39 is 17.9 Å². The Morgan fingerprint density at radius 2 is 1.72 bits per heavy atom. The van der Waals surface area contributed by atoms with E-state index in [4.69, 9.17) is 9.47 Å². The van der Waals surface area contributed by atoms with Gasteiger partial charge in [0, 0.05) is 12.0 Å². The number of hydrazine groups is 1. The number of rotatable bonds is 10. The Labute approximate surface area is 172 Å². The van der Waals surface area contributed by atoms with E-state index in [9.17, 15) is 14.4 Å². The molecule has 0 aliphatic rings. The molecule has 1 unspecified atom stereocenters. The number of hydrogen-bond acceptors (Lipinski definition) is 5. The van der Waals surface area contributed by atoms with Crippen molar-refractivity contribution in [3.8, 4) is 11.5 Å². The highest BCUT2D eigenvalue weighted by atomic mass is 16.5. The van der Waals surface area contributed by atoms with Crippen LogP contribution in [-0.2, 0) is 9.59 Å². The van der Waals surface area contributed by atoms with Crippen LogP contribution in [0.1, 0.15) is 57.8 Å². The lowest BCUT2D eigenvalue weighted by Gasteiger charge is -2.22. The van der Waals surface area contributed by atoms with Crippen LogP contribution in [0.3, 0.4) is 0 Å². The van der Waals surface area contributed by atoms with Crippen LogP contribution in [-0.4, -0.2) is 37.5 Å². The molecule has 3 amide bonds. The lowest BCUT2D eigenvalue weighted by molar-refractivity contribution is -0.130. The maximum Gasteiger partial charge on any atom is 0.269 e. The smallest absolute Gasteiger partial charge is 0.269 e. The first-order valence-electron chi connectivity index (χ1n) is 9.89. The van der Waals surface area contributed by atoms with Gasteiger partial charge in [0.15, 0.2) is 11.5 Å². The third-order valence-electron chi connectivity index (χ3n) is 4.05. The highest BCUT2D eigenvalue weighted by Gasteiger charge is 2.25. The van der Waals surface area contributed by atoms with Crippen LogP contribution in [0.5, 0.6) is 11.5 Å². The van der Waals surface area contributed by atoms with Gasteiger partial charge < -0.3 is 14.8 Å². The maximum absolute atomic E-state index is 12.5. The topological polar surface area (TPSA) is 106 Å². The molecule has 1 atom stereocenters. The molecule has 0 aromatic heterocycles. The first kappa shape index (κ1) is 24.3. The molecule has 0 saturated carbocycles. The van der Waals surface area contributed by atoms with Gasteiger partial charge in [-0.3, -0.25) is 25.2 Å². The van der Waals surface area contributed by atoms with Crippen molar-refractivity contribution in [3.05, 3.63) is 23.8 Å². The quantitative estimate of drug-likeness (QED) is 0.517. The number of hydrogen-bond donors (Lipinski definition) is 3. The van der Waals surface area contributed by atoms with Crippen LogP contribution in [0, 0.1) is 11.8 Å². The predicted molar refractivity (Wildman–Crippen MR) is 111 cm³/mol. The summed E-state index contributed by atoms with van der Waals surface area (Å²) >= 11 is 0. The molecule has 162 valence electrons. The van der Waals surface area contributed by atoms with Crippen LogP contribution in [0.15, 0.2) is 18.2 Å². The molecule has 1 rings (SSSR count).